The molecule has 0 radical (unpaired) electrons. The zero-order valence-corrected chi connectivity index (χ0v) is 15.2. The highest BCUT2D eigenvalue weighted by Crippen LogP contribution is 2.21. The lowest BCUT2D eigenvalue weighted by molar-refractivity contribution is 0.0264. The van der Waals surface area contributed by atoms with Crippen LogP contribution in [0.4, 0.5) is 4.79 Å². The monoisotopic (exact) mass is 339 g/mol. The normalized spacial score (nSPS) is 11.0. The van der Waals surface area contributed by atoms with Gasteiger partial charge in [0.25, 0.3) is 0 Å². The number of carbonyl (C=O) groups is 1. The number of aryl methyl sites for hydroxylation is 1. The van der Waals surface area contributed by atoms with Crippen LogP contribution in [-0.4, -0.2) is 36.3 Å². The van der Waals surface area contributed by atoms with Crippen molar-refractivity contribution < 1.29 is 14.3 Å². The zero-order chi connectivity index (χ0) is 17.5. The number of hydrogen-bond donors (Lipinski definition) is 0. The standard InChI is InChI=1S/C18H26ClNO3/c1-6-10-20(17(21)23-18(3,4)5)11-7-12-22-16-9-8-15(19)13-14(16)2/h6,8-9,13H,1,7,10-12H2,2-5H3. The smallest absolute Gasteiger partial charge is 0.410 e. The number of ether oxygens (including phenoxy) is 2. The van der Waals surface area contributed by atoms with Crippen molar-refractivity contribution in [3.8, 4) is 5.75 Å². The van der Waals surface area contributed by atoms with E-state index in [9.17, 15) is 4.79 Å². The van der Waals surface area contributed by atoms with Crippen LogP contribution in [0.5, 0.6) is 5.75 Å². The fourth-order valence-corrected chi connectivity index (χ4v) is 2.18. The van der Waals surface area contributed by atoms with Crippen molar-refractivity contribution in [2.45, 2.75) is 39.7 Å². The van der Waals surface area contributed by atoms with Crippen LogP contribution in [0, 0.1) is 6.92 Å². The van der Waals surface area contributed by atoms with E-state index in [0.29, 0.717) is 31.1 Å². The second-order valence-electron chi connectivity index (χ2n) is 6.33. The average molecular weight is 340 g/mol. The van der Waals surface area contributed by atoms with Crippen LogP contribution >= 0.6 is 11.6 Å². The molecule has 0 aliphatic heterocycles. The molecule has 1 aromatic rings. The minimum Gasteiger partial charge on any atom is -0.493 e. The van der Waals surface area contributed by atoms with Crippen LogP contribution in [0.3, 0.4) is 0 Å². The van der Waals surface area contributed by atoms with Crippen LogP contribution in [0.1, 0.15) is 32.8 Å². The van der Waals surface area contributed by atoms with E-state index in [0.717, 1.165) is 11.3 Å². The van der Waals surface area contributed by atoms with Gasteiger partial charge in [-0.3, -0.25) is 0 Å². The molecule has 4 nitrogen and oxygen atoms in total. The molecule has 1 aromatic carbocycles. The molecule has 0 heterocycles. The van der Waals surface area contributed by atoms with Gasteiger partial charge in [0.2, 0.25) is 0 Å². The van der Waals surface area contributed by atoms with E-state index in [1.165, 1.54) is 0 Å². The Labute approximate surface area is 144 Å². The topological polar surface area (TPSA) is 38.8 Å². The molecular weight excluding hydrogens is 314 g/mol. The van der Waals surface area contributed by atoms with Gasteiger partial charge in [0.05, 0.1) is 6.61 Å². The van der Waals surface area contributed by atoms with Crippen LogP contribution in [0.2, 0.25) is 5.02 Å². The summed E-state index contributed by atoms with van der Waals surface area (Å²) < 4.78 is 11.1. The zero-order valence-electron chi connectivity index (χ0n) is 14.4. The Kier molecular flexibility index (Phi) is 7.43. The number of halogens is 1. The van der Waals surface area contributed by atoms with E-state index < -0.39 is 5.60 Å². The van der Waals surface area contributed by atoms with Crippen molar-refractivity contribution in [3.05, 3.63) is 41.4 Å². The van der Waals surface area contributed by atoms with E-state index in [4.69, 9.17) is 21.1 Å². The van der Waals surface area contributed by atoms with Gasteiger partial charge < -0.3 is 14.4 Å². The van der Waals surface area contributed by atoms with Gasteiger partial charge >= 0.3 is 6.09 Å². The van der Waals surface area contributed by atoms with Crippen molar-refractivity contribution in [2.75, 3.05) is 19.7 Å². The molecule has 0 aromatic heterocycles. The summed E-state index contributed by atoms with van der Waals surface area (Å²) in [5, 5.41) is 0.692. The summed E-state index contributed by atoms with van der Waals surface area (Å²) in [6, 6.07) is 5.52. The Morgan fingerprint density at radius 1 is 1.39 bits per heavy atom. The number of nitrogens with zero attached hydrogens (tertiary/aromatic N) is 1. The first-order valence-electron chi connectivity index (χ1n) is 7.70. The second kappa shape index (κ2) is 8.82. The Morgan fingerprint density at radius 3 is 2.65 bits per heavy atom. The quantitative estimate of drug-likeness (QED) is 0.527. The molecule has 0 atom stereocenters. The van der Waals surface area contributed by atoms with Crippen LogP contribution in [-0.2, 0) is 4.74 Å². The molecule has 0 fully saturated rings. The largest absolute Gasteiger partial charge is 0.493 e. The minimum absolute atomic E-state index is 0.333. The van der Waals surface area contributed by atoms with Gasteiger partial charge in [0, 0.05) is 18.1 Å². The predicted octanol–water partition coefficient (Wildman–Crippen LogP) is 4.84. The second-order valence-corrected chi connectivity index (χ2v) is 6.76. The Hall–Kier alpha value is -1.68. The van der Waals surface area contributed by atoms with E-state index in [2.05, 4.69) is 6.58 Å². The van der Waals surface area contributed by atoms with Gasteiger partial charge in [0.15, 0.2) is 0 Å². The predicted molar refractivity (Wildman–Crippen MR) is 94.3 cm³/mol. The third kappa shape index (κ3) is 7.42. The molecular formula is C18H26ClNO3. The third-order valence-electron chi connectivity index (χ3n) is 2.97. The summed E-state index contributed by atoms with van der Waals surface area (Å²) >= 11 is 5.92. The molecule has 0 bridgehead atoms. The maximum atomic E-state index is 12.1. The maximum absolute atomic E-state index is 12.1. The number of amides is 1. The lowest BCUT2D eigenvalue weighted by Gasteiger charge is -2.26. The SMILES string of the molecule is C=CCN(CCCOc1ccc(Cl)cc1C)C(=O)OC(C)(C)C. The summed E-state index contributed by atoms with van der Waals surface area (Å²) in [6.07, 6.45) is 2.06. The molecule has 0 unspecified atom stereocenters. The molecule has 23 heavy (non-hydrogen) atoms. The summed E-state index contributed by atoms with van der Waals surface area (Å²) in [6.45, 7) is 12.7. The van der Waals surface area contributed by atoms with Crippen LogP contribution in [0.15, 0.2) is 30.9 Å². The first kappa shape index (κ1) is 19.4. The summed E-state index contributed by atoms with van der Waals surface area (Å²) in [7, 11) is 0. The maximum Gasteiger partial charge on any atom is 0.410 e. The van der Waals surface area contributed by atoms with Crippen molar-refractivity contribution >= 4 is 17.7 Å². The number of benzene rings is 1. The van der Waals surface area contributed by atoms with E-state index >= 15 is 0 Å². The molecule has 1 rings (SSSR count). The van der Waals surface area contributed by atoms with Gasteiger partial charge in [-0.15, -0.1) is 6.58 Å². The van der Waals surface area contributed by atoms with Gasteiger partial charge in [-0.05, 0) is 57.9 Å². The minimum atomic E-state index is -0.507. The lowest BCUT2D eigenvalue weighted by atomic mass is 10.2. The van der Waals surface area contributed by atoms with E-state index in [-0.39, 0.29) is 6.09 Å². The van der Waals surface area contributed by atoms with Gasteiger partial charge in [-0.25, -0.2) is 4.79 Å². The number of hydrogen-bond acceptors (Lipinski definition) is 3. The molecule has 1 amide bonds. The first-order chi connectivity index (χ1) is 10.7. The van der Waals surface area contributed by atoms with Crippen LogP contribution < -0.4 is 4.74 Å². The van der Waals surface area contributed by atoms with E-state index in [1.54, 1.807) is 17.0 Å². The molecule has 0 saturated heterocycles. The van der Waals surface area contributed by atoms with E-state index in [1.807, 2.05) is 39.8 Å². The number of rotatable bonds is 7. The number of carbonyl (C=O) groups excluding carboxylic acids is 1. The highest BCUT2D eigenvalue weighted by Gasteiger charge is 2.21. The molecule has 0 N–H and O–H groups in total. The van der Waals surface area contributed by atoms with Crippen LogP contribution in [0.25, 0.3) is 0 Å². The summed E-state index contributed by atoms with van der Waals surface area (Å²) in [5.74, 6) is 0.807. The third-order valence-corrected chi connectivity index (χ3v) is 3.20. The molecule has 0 spiro atoms. The Morgan fingerprint density at radius 2 is 2.09 bits per heavy atom. The van der Waals surface area contributed by atoms with Gasteiger partial charge in [0.1, 0.15) is 11.4 Å². The Bertz CT molecular complexity index is 538. The van der Waals surface area contributed by atoms with Crippen molar-refractivity contribution in [2.24, 2.45) is 0 Å². The van der Waals surface area contributed by atoms with Gasteiger partial charge in [-0.2, -0.15) is 0 Å². The fourth-order valence-electron chi connectivity index (χ4n) is 1.95. The van der Waals surface area contributed by atoms with Crippen molar-refractivity contribution in [3.63, 3.8) is 0 Å². The highest BCUT2D eigenvalue weighted by molar-refractivity contribution is 6.30. The molecule has 0 saturated carbocycles. The fraction of sp³-hybridized carbons (Fsp3) is 0.500. The first-order valence-corrected chi connectivity index (χ1v) is 8.08. The summed E-state index contributed by atoms with van der Waals surface area (Å²) in [5.41, 5.74) is 0.487. The van der Waals surface area contributed by atoms with Crippen molar-refractivity contribution in [1.82, 2.24) is 4.90 Å². The Balaban J connectivity index is 2.46. The molecule has 0 aliphatic rings. The average Bonchev–Trinajstić information content (AvgIpc) is 2.42. The lowest BCUT2D eigenvalue weighted by Crippen LogP contribution is -2.37. The molecule has 128 valence electrons. The summed E-state index contributed by atoms with van der Waals surface area (Å²) in [4.78, 5) is 13.7. The molecule has 5 heteroatoms. The van der Waals surface area contributed by atoms with Gasteiger partial charge in [-0.1, -0.05) is 17.7 Å². The molecule has 0 aliphatic carbocycles. The highest BCUT2D eigenvalue weighted by atomic mass is 35.5. The van der Waals surface area contributed by atoms with Crippen molar-refractivity contribution in [1.29, 1.82) is 0 Å².